The number of thioether (sulfide) groups is 1. The maximum absolute atomic E-state index is 10.9. The molecule has 0 radical (unpaired) electrons. The van der Waals surface area contributed by atoms with Gasteiger partial charge in [0.05, 0.1) is 11.2 Å². The van der Waals surface area contributed by atoms with E-state index in [1.807, 2.05) is 18.7 Å². The van der Waals surface area contributed by atoms with Crippen LogP contribution in [0.3, 0.4) is 0 Å². The molecule has 2 unspecified atom stereocenters. The molecule has 0 saturated carbocycles. The highest BCUT2D eigenvalue weighted by atomic mass is 32.2. The summed E-state index contributed by atoms with van der Waals surface area (Å²) in [4.78, 5) is 0. The molecule has 0 amide bonds. The van der Waals surface area contributed by atoms with Crippen LogP contribution in [0.25, 0.3) is 0 Å². The van der Waals surface area contributed by atoms with Crippen molar-refractivity contribution in [1.29, 1.82) is 0 Å². The molecule has 4 nitrogen and oxygen atoms in total. The van der Waals surface area contributed by atoms with Gasteiger partial charge >= 0.3 is 0 Å². The van der Waals surface area contributed by atoms with E-state index in [0.29, 0.717) is 6.42 Å². The average Bonchev–Trinajstić information content (AvgIpc) is 2.45. The van der Waals surface area contributed by atoms with Crippen molar-refractivity contribution in [3.8, 4) is 0 Å². The fraction of sp³-hybridized carbons (Fsp3) is 1.00. The van der Waals surface area contributed by atoms with Crippen molar-refractivity contribution in [2.24, 2.45) is 5.92 Å². The molecule has 0 bridgehead atoms. The minimum absolute atomic E-state index is 0.00774. The summed E-state index contributed by atoms with van der Waals surface area (Å²) in [5.41, 5.74) is -0.758. The SMILES string of the molecule is COC(CC(C)(O)C1CCOC2(CCSCC2)C1)OC. The van der Waals surface area contributed by atoms with Crippen molar-refractivity contribution < 1.29 is 19.3 Å². The van der Waals surface area contributed by atoms with Gasteiger partial charge in [0.15, 0.2) is 6.29 Å². The molecule has 2 saturated heterocycles. The number of ether oxygens (including phenoxy) is 3. The van der Waals surface area contributed by atoms with Crippen LogP contribution in [0.1, 0.15) is 39.0 Å². The van der Waals surface area contributed by atoms with E-state index >= 15 is 0 Å². The minimum Gasteiger partial charge on any atom is -0.390 e. The molecule has 0 aromatic heterocycles. The minimum atomic E-state index is -0.766. The summed E-state index contributed by atoms with van der Waals surface area (Å²) >= 11 is 2.01. The van der Waals surface area contributed by atoms with Gasteiger partial charge in [0.1, 0.15) is 0 Å². The number of rotatable bonds is 5. The van der Waals surface area contributed by atoms with E-state index in [0.717, 1.165) is 32.3 Å². The molecule has 2 atom stereocenters. The fourth-order valence-corrected chi connectivity index (χ4v) is 4.65. The Morgan fingerprint density at radius 2 is 2.00 bits per heavy atom. The van der Waals surface area contributed by atoms with E-state index < -0.39 is 5.60 Å². The molecule has 1 N–H and O–H groups in total. The second-order valence-electron chi connectivity index (χ2n) is 6.30. The predicted molar refractivity (Wildman–Crippen MR) is 81.0 cm³/mol. The van der Waals surface area contributed by atoms with E-state index in [1.165, 1.54) is 11.5 Å². The molecule has 2 aliphatic rings. The van der Waals surface area contributed by atoms with Crippen LogP contribution in [0.15, 0.2) is 0 Å². The zero-order valence-electron chi connectivity index (χ0n) is 12.9. The quantitative estimate of drug-likeness (QED) is 0.791. The predicted octanol–water partition coefficient (Wildman–Crippen LogP) is 2.44. The van der Waals surface area contributed by atoms with Gasteiger partial charge in [-0.2, -0.15) is 11.8 Å². The van der Waals surface area contributed by atoms with Crippen LogP contribution in [0, 0.1) is 5.92 Å². The van der Waals surface area contributed by atoms with Crippen LogP contribution in [-0.2, 0) is 14.2 Å². The van der Waals surface area contributed by atoms with Crippen LogP contribution < -0.4 is 0 Å². The van der Waals surface area contributed by atoms with Gasteiger partial charge in [-0.05, 0) is 50.0 Å². The van der Waals surface area contributed by atoms with Gasteiger partial charge in [-0.15, -0.1) is 0 Å². The van der Waals surface area contributed by atoms with Gasteiger partial charge < -0.3 is 19.3 Å². The Morgan fingerprint density at radius 3 is 2.60 bits per heavy atom. The van der Waals surface area contributed by atoms with E-state index in [2.05, 4.69) is 0 Å². The summed E-state index contributed by atoms with van der Waals surface area (Å²) in [5.74, 6) is 2.61. The van der Waals surface area contributed by atoms with E-state index in [9.17, 15) is 5.11 Å². The highest BCUT2D eigenvalue weighted by molar-refractivity contribution is 7.99. The Balaban J connectivity index is 1.99. The molecular formula is C15H28O4S. The summed E-state index contributed by atoms with van der Waals surface area (Å²) in [6.07, 6.45) is 4.27. The molecule has 0 aromatic carbocycles. The molecular weight excluding hydrogens is 276 g/mol. The van der Waals surface area contributed by atoms with Gasteiger partial charge in [-0.25, -0.2) is 0 Å². The van der Waals surface area contributed by atoms with E-state index in [1.54, 1.807) is 14.2 Å². The summed E-state index contributed by atoms with van der Waals surface area (Å²) in [5, 5.41) is 10.9. The van der Waals surface area contributed by atoms with Crippen molar-refractivity contribution in [2.45, 2.75) is 56.5 Å². The monoisotopic (exact) mass is 304 g/mol. The lowest BCUT2D eigenvalue weighted by molar-refractivity contribution is -0.180. The fourth-order valence-electron chi connectivity index (χ4n) is 3.42. The van der Waals surface area contributed by atoms with Crippen molar-refractivity contribution >= 4 is 11.8 Å². The topological polar surface area (TPSA) is 47.9 Å². The second-order valence-corrected chi connectivity index (χ2v) is 7.52. The third-order valence-corrected chi connectivity index (χ3v) is 5.87. The first-order valence-electron chi connectivity index (χ1n) is 7.51. The first-order chi connectivity index (χ1) is 9.51. The summed E-state index contributed by atoms with van der Waals surface area (Å²) < 4.78 is 16.6. The number of methoxy groups -OCH3 is 2. The van der Waals surface area contributed by atoms with Crippen molar-refractivity contribution in [3.63, 3.8) is 0 Å². The lowest BCUT2D eigenvalue weighted by Crippen LogP contribution is -2.50. The number of hydrogen-bond acceptors (Lipinski definition) is 5. The van der Waals surface area contributed by atoms with Crippen molar-refractivity contribution in [1.82, 2.24) is 0 Å². The molecule has 118 valence electrons. The Hall–Kier alpha value is 0.190. The molecule has 0 aromatic rings. The zero-order chi connectivity index (χ0) is 14.6. The highest BCUT2D eigenvalue weighted by Crippen LogP contribution is 2.44. The lowest BCUT2D eigenvalue weighted by atomic mass is 9.73. The smallest absolute Gasteiger partial charge is 0.159 e. The standard InChI is InChI=1S/C15H28O4S/c1-14(16,11-13(17-2)18-3)12-4-7-19-15(10-12)5-8-20-9-6-15/h12-13,16H,4-11H2,1-3H3. The highest BCUT2D eigenvalue weighted by Gasteiger charge is 2.45. The molecule has 20 heavy (non-hydrogen) atoms. The Morgan fingerprint density at radius 1 is 1.35 bits per heavy atom. The van der Waals surface area contributed by atoms with Crippen LogP contribution >= 0.6 is 11.8 Å². The molecule has 0 aliphatic carbocycles. The second kappa shape index (κ2) is 6.97. The van der Waals surface area contributed by atoms with Gasteiger partial charge in [-0.3, -0.25) is 0 Å². The Kier molecular flexibility index (Phi) is 5.77. The molecule has 2 heterocycles. The molecule has 2 aliphatic heterocycles. The van der Waals surface area contributed by atoms with Crippen LogP contribution in [0.5, 0.6) is 0 Å². The van der Waals surface area contributed by atoms with E-state index in [-0.39, 0.29) is 17.8 Å². The molecule has 1 spiro atoms. The molecule has 2 rings (SSSR count). The molecule has 2 fully saturated rings. The van der Waals surface area contributed by atoms with Crippen LogP contribution in [-0.4, -0.2) is 54.9 Å². The lowest BCUT2D eigenvalue weighted by Gasteiger charge is -2.47. The van der Waals surface area contributed by atoms with Crippen molar-refractivity contribution in [2.75, 3.05) is 32.3 Å². The van der Waals surface area contributed by atoms with E-state index in [4.69, 9.17) is 14.2 Å². The Bertz CT molecular complexity index is 293. The first-order valence-corrected chi connectivity index (χ1v) is 8.66. The normalized spacial score (nSPS) is 29.6. The van der Waals surface area contributed by atoms with Crippen molar-refractivity contribution in [3.05, 3.63) is 0 Å². The summed E-state index contributed by atoms with van der Waals surface area (Å²) in [6, 6.07) is 0. The van der Waals surface area contributed by atoms with Gasteiger partial charge in [0.25, 0.3) is 0 Å². The Labute approximate surface area is 126 Å². The number of hydrogen-bond donors (Lipinski definition) is 1. The first kappa shape index (κ1) is 16.6. The summed E-state index contributed by atoms with van der Waals surface area (Å²) in [6.45, 7) is 2.68. The molecule has 5 heteroatoms. The van der Waals surface area contributed by atoms with Gasteiger partial charge in [0.2, 0.25) is 0 Å². The maximum Gasteiger partial charge on any atom is 0.159 e. The zero-order valence-corrected chi connectivity index (χ0v) is 13.7. The number of aliphatic hydroxyl groups is 1. The maximum atomic E-state index is 10.9. The van der Waals surface area contributed by atoms with Gasteiger partial charge in [-0.1, -0.05) is 0 Å². The van der Waals surface area contributed by atoms with Gasteiger partial charge in [0, 0.05) is 27.2 Å². The third-order valence-electron chi connectivity index (χ3n) is 4.88. The van der Waals surface area contributed by atoms with Crippen LogP contribution in [0.4, 0.5) is 0 Å². The third kappa shape index (κ3) is 3.89. The van der Waals surface area contributed by atoms with Crippen LogP contribution in [0.2, 0.25) is 0 Å². The summed E-state index contributed by atoms with van der Waals surface area (Å²) in [7, 11) is 3.24. The largest absolute Gasteiger partial charge is 0.390 e. The average molecular weight is 304 g/mol.